The van der Waals surface area contributed by atoms with Gasteiger partial charge in [-0.3, -0.25) is 4.68 Å². The third-order valence-electron chi connectivity index (χ3n) is 3.64. The standard InChI is InChI=1S/C19H26N4O2/c1-13-7-9-16(10-8-13)12-23-15(3)17(14(2)22-23)11-20-21-18(24)25-19(4,5)6/h7-11H,12H2,1-6H3,(H,21,24)/b20-11+. The molecule has 1 amide bonds. The minimum atomic E-state index is -0.578. The number of hydrogen-bond donors (Lipinski definition) is 1. The fraction of sp³-hybridized carbons (Fsp3) is 0.421. The summed E-state index contributed by atoms with van der Waals surface area (Å²) in [7, 11) is 0. The van der Waals surface area contributed by atoms with Crippen molar-refractivity contribution in [3.63, 3.8) is 0 Å². The quantitative estimate of drug-likeness (QED) is 0.680. The van der Waals surface area contributed by atoms with Crippen molar-refractivity contribution in [3.8, 4) is 0 Å². The number of carbonyl (C=O) groups excluding carboxylic acids is 1. The van der Waals surface area contributed by atoms with E-state index in [1.54, 1.807) is 27.0 Å². The van der Waals surface area contributed by atoms with E-state index in [1.807, 2.05) is 18.5 Å². The number of aromatic nitrogens is 2. The lowest BCUT2D eigenvalue weighted by molar-refractivity contribution is 0.0529. The first-order chi connectivity index (χ1) is 11.7. The minimum absolute atomic E-state index is 0.551. The van der Waals surface area contributed by atoms with E-state index in [0.29, 0.717) is 6.54 Å². The molecular formula is C19H26N4O2. The van der Waals surface area contributed by atoms with E-state index < -0.39 is 11.7 Å². The fourth-order valence-corrected chi connectivity index (χ4v) is 2.37. The summed E-state index contributed by atoms with van der Waals surface area (Å²) in [6.07, 6.45) is 1.03. The van der Waals surface area contributed by atoms with E-state index in [-0.39, 0.29) is 0 Å². The molecule has 1 N–H and O–H groups in total. The summed E-state index contributed by atoms with van der Waals surface area (Å²) in [4.78, 5) is 11.6. The number of hydrogen-bond acceptors (Lipinski definition) is 4. The summed E-state index contributed by atoms with van der Waals surface area (Å²) in [6, 6.07) is 8.38. The number of rotatable bonds is 4. The monoisotopic (exact) mass is 342 g/mol. The van der Waals surface area contributed by atoms with E-state index in [2.05, 4.69) is 46.8 Å². The molecule has 0 saturated heterocycles. The molecule has 0 radical (unpaired) electrons. The Morgan fingerprint density at radius 1 is 1.24 bits per heavy atom. The largest absolute Gasteiger partial charge is 0.443 e. The molecule has 1 heterocycles. The molecule has 0 atom stereocenters. The summed E-state index contributed by atoms with van der Waals surface area (Å²) >= 11 is 0. The van der Waals surface area contributed by atoms with Crippen LogP contribution in [0.5, 0.6) is 0 Å². The summed E-state index contributed by atoms with van der Waals surface area (Å²) in [5.74, 6) is 0. The van der Waals surface area contributed by atoms with Gasteiger partial charge in [-0.25, -0.2) is 10.2 Å². The van der Waals surface area contributed by atoms with Gasteiger partial charge in [0.15, 0.2) is 0 Å². The zero-order valence-corrected chi connectivity index (χ0v) is 15.8. The highest BCUT2D eigenvalue weighted by Crippen LogP contribution is 2.13. The molecule has 0 unspecified atom stereocenters. The molecule has 25 heavy (non-hydrogen) atoms. The molecule has 0 bridgehead atoms. The van der Waals surface area contributed by atoms with Crippen LogP contribution in [-0.2, 0) is 11.3 Å². The van der Waals surface area contributed by atoms with Gasteiger partial charge in [-0.15, -0.1) is 0 Å². The maximum absolute atomic E-state index is 11.6. The lowest BCUT2D eigenvalue weighted by atomic mass is 10.1. The van der Waals surface area contributed by atoms with E-state index in [4.69, 9.17) is 4.74 Å². The topological polar surface area (TPSA) is 68.5 Å². The van der Waals surface area contributed by atoms with Crippen molar-refractivity contribution < 1.29 is 9.53 Å². The number of aryl methyl sites for hydroxylation is 2. The van der Waals surface area contributed by atoms with Gasteiger partial charge in [-0.1, -0.05) is 29.8 Å². The van der Waals surface area contributed by atoms with Gasteiger partial charge in [0, 0.05) is 11.3 Å². The van der Waals surface area contributed by atoms with E-state index in [9.17, 15) is 4.79 Å². The number of amides is 1. The molecule has 2 aromatic rings. The molecule has 0 fully saturated rings. The van der Waals surface area contributed by atoms with Crippen LogP contribution in [0.3, 0.4) is 0 Å². The second-order valence-electron chi connectivity index (χ2n) is 7.10. The summed E-state index contributed by atoms with van der Waals surface area (Å²) in [5.41, 5.74) is 6.99. The molecule has 0 aliphatic rings. The van der Waals surface area contributed by atoms with Gasteiger partial charge in [0.25, 0.3) is 0 Å². The Bertz CT molecular complexity index is 768. The molecule has 134 valence electrons. The van der Waals surface area contributed by atoms with E-state index >= 15 is 0 Å². The zero-order chi connectivity index (χ0) is 18.6. The molecular weight excluding hydrogens is 316 g/mol. The molecule has 0 spiro atoms. The molecule has 0 aliphatic carbocycles. The zero-order valence-electron chi connectivity index (χ0n) is 15.8. The normalized spacial score (nSPS) is 11.8. The maximum atomic E-state index is 11.6. The van der Waals surface area contributed by atoms with E-state index in [0.717, 1.165) is 17.0 Å². The van der Waals surface area contributed by atoms with Crippen LogP contribution in [0.25, 0.3) is 0 Å². The van der Waals surface area contributed by atoms with Gasteiger partial charge in [0.05, 0.1) is 18.5 Å². The van der Waals surface area contributed by atoms with Gasteiger partial charge >= 0.3 is 6.09 Å². The van der Waals surface area contributed by atoms with Gasteiger partial charge < -0.3 is 4.74 Å². The Kier molecular flexibility index (Phi) is 5.62. The van der Waals surface area contributed by atoms with Crippen LogP contribution in [0.1, 0.15) is 48.8 Å². The smallest absolute Gasteiger partial charge is 0.428 e. The van der Waals surface area contributed by atoms with E-state index in [1.165, 1.54) is 11.1 Å². The Labute approximate surface area is 148 Å². The van der Waals surface area contributed by atoms with Crippen molar-refractivity contribution in [1.29, 1.82) is 0 Å². The van der Waals surface area contributed by atoms with Crippen LogP contribution in [0.2, 0.25) is 0 Å². The third kappa shape index (κ3) is 5.45. The van der Waals surface area contributed by atoms with Crippen molar-refractivity contribution in [2.75, 3.05) is 0 Å². The van der Waals surface area contributed by atoms with Crippen molar-refractivity contribution in [2.24, 2.45) is 5.10 Å². The van der Waals surface area contributed by atoms with Crippen LogP contribution in [0, 0.1) is 20.8 Å². The molecule has 1 aromatic heterocycles. The average molecular weight is 342 g/mol. The van der Waals surface area contributed by atoms with Crippen LogP contribution < -0.4 is 5.43 Å². The Balaban J connectivity index is 2.07. The summed E-state index contributed by atoms with van der Waals surface area (Å²) in [5, 5.41) is 8.54. The molecule has 0 aliphatic heterocycles. The van der Waals surface area contributed by atoms with Gasteiger partial charge in [-0.2, -0.15) is 10.2 Å². The first kappa shape index (κ1) is 18.7. The molecule has 6 nitrogen and oxygen atoms in total. The van der Waals surface area contributed by atoms with Gasteiger partial charge in [-0.05, 0) is 47.1 Å². The lowest BCUT2D eigenvalue weighted by Crippen LogP contribution is -2.29. The van der Waals surface area contributed by atoms with Crippen molar-refractivity contribution in [1.82, 2.24) is 15.2 Å². The first-order valence-electron chi connectivity index (χ1n) is 8.27. The molecule has 6 heteroatoms. The Hall–Kier alpha value is -2.63. The summed E-state index contributed by atoms with van der Waals surface area (Å²) in [6.45, 7) is 12.1. The van der Waals surface area contributed by atoms with Crippen molar-refractivity contribution in [2.45, 2.75) is 53.7 Å². The predicted molar refractivity (Wildman–Crippen MR) is 98.9 cm³/mol. The minimum Gasteiger partial charge on any atom is -0.443 e. The number of benzene rings is 1. The Morgan fingerprint density at radius 3 is 2.48 bits per heavy atom. The number of ether oxygens (including phenoxy) is 1. The highest BCUT2D eigenvalue weighted by molar-refractivity contribution is 5.83. The molecule has 0 saturated carbocycles. The number of hydrazone groups is 1. The second-order valence-corrected chi connectivity index (χ2v) is 7.10. The fourth-order valence-electron chi connectivity index (χ4n) is 2.37. The van der Waals surface area contributed by atoms with Crippen LogP contribution in [0.4, 0.5) is 4.79 Å². The number of nitrogens with zero attached hydrogens (tertiary/aromatic N) is 3. The number of carbonyl (C=O) groups is 1. The SMILES string of the molecule is Cc1ccc(Cn2nc(C)c(/C=N/NC(=O)OC(C)(C)C)c2C)cc1. The van der Waals surface area contributed by atoms with Crippen molar-refractivity contribution >= 4 is 12.3 Å². The highest BCUT2D eigenvalue weighted by atomic mass is 16.6. The van der Waals surface area contributed by atoms with Crippen LogP contribution in [-0.4, -0.2) is 27.7 Å². The number of nitrogens with one attached hydrogen (secondary N) is 1. The molecule has 2 rings (SSSR count). The Morgan fingerprint density at radius 2 is 1.88 bits per heavy atom. The van der Waals surface area contributed by atoms with Crippen LogP contribution >= 0.6 is 0 Å². The van der Waals surface area contributed by atoms with Crippen molar-refractivity contribution in [3.05, 3.63) is 52.3 Å². The van der Waals surface area contributed by atoms with Gasteiger partial charge in [0.2, 0.25) is 0 Å². The van der Waals surface area contributed by atoms with Crippen LogP contribution in [0.15, 0.2) is 29.4 Å². The highest BCUT2D eigenvalue weighted by Gasteiger charge is 2.15. The first-order valence-corrected chi connectivity index (χ1v) is 8.27. The molecule has 1 aromatic carbocycles. The average Bonchev–Trinajstić information content (AvgIpc) is 2.75. The maximum Gasteiger partial charge on any atom is 0.428 e. The second kappa shape index (κ2) is 7.51. The summed E-state index contributed by atoms with van der Waals surface area (Å²) < 4.78 is 7.08. The third-order valence-corrected chi connectivity index (χ3v) is 3.64. The van der Waals surface area contributed by atoms with Gasteiger partial charge in [0.1, 0.15) is 5.60 Å². The lowest BCUT2D eigenvalue weighted by Gasteiger charge is -2.18. The predicted octanol–water partition coefficient (Wildman–Crippen LogP) is 3.72.